The van der Waals surface area contributed by atoms with Crippen LogP contribution in [0.5, 0.6) is 0 Å². The van der Waals surface area contributed by atoms with Crippen molar-refractivity contribution < 1.29 is 9.72 Å². The van der Waals surface area contributed by atoms with E-state index < -0.39 is 10.8 Å². The lowest BCUT2D eigenvalue weighted by Crippen LogP contribution is -2.24. The van der Waals surface area contributed by atoms with E-state index >= 15 is 0 Å². The SMILES string of the molecule is Cc1ccc(Sc2cc(NC(=O)C(C)Cn3cc(Cl)cn3)cc([N+](=O)[O-])c2)cc1. The first-order valence-electron chi connectivity index (χ1n) is 8.83. The number of nitro benzene ring substituents is 1. The molecule has 3 rings (SSSR count). The smallest absolute Gasteiger partial charge is 0.272 e. The fraction of sp³-hybridized carbons (Fsp3) is 0.200. The zero-order valence-electron chi connectivity index (χ0n) is 15.8. The second-order valence-electron chi connectivity index (χ2n) is 6.66. The van der Waals surface area contributed by atoms with Crippen molar-refractivity contribution in [3.8, 4) is 0 Å². The lowest BCUT2D eigenvalue weighted by Gasteiger charge is -2.13. The van der Waals surface area contributed by atoms with Gasteiger partial charge in [-0.25, -0.2) is 0 Å². The van der Waals surface area contributed by atoms with Gasteiger partial charge in [0.2, 0.25) is 5.91 Å². The molecule has 0 bridgehead atoms. The van der Waals surface area contributed by atoms with Crippen LogP contribution < -0.4 is 5.32 Å². The first kappa shape index (κ1) is 20.9. The molecule has 3 aromatic rings. The second kappa shape index (κ2) is 9.11. The van der Waals surface area contributed by atoms with Gasteiger partial charge in [0.1, 0.15) is 0 Å². The molecule has 9 heteroatoms. The third-order valence-electron chi connectivity index (χ3n) is 4.14. The minimum absolute atomic E-state index is 0.0797. The van der Waals surface area contributed by atoms with E-state index in [-0.39, 0.29) is 11.6 Å². The molecule has 2 aromatic carbocycles. The lowest BCUT2D eigenvalue weighted by molar-refractivity contribution is -0.385. The molecule has 0 aliphatic heterocycles. The van der Waals surface area contributed by atoms with Crippen LogP contribution in [-0.2, 0) is 11.3 Å². The fourth-order valence-corrected chi connectivity index (χ4v) is 3.70. The first-order valence-corrected chi connectivity index (χ1v) is 10.0. The van der Waals surface area contributed by atoms with E-state index in [2.05, 4.69) is 10.4 Å². The number of benzene rings is 2. The maximum Gasteiger partial charge on any atom is 0.272 e. The summed E-state index contributed by atoms with van der Waals surface area (Å²) in [4.78, 5) is 25.0. The topological polar surface area (TPSA) is 90.1 Å². The molecule has 0 saturated heterocycles. The van der Waals surface area contributed by atoms with Gasteiger partial charge in [-0.3, -0.25) is 19.6 Å². The van der Waals surface area contributed by atoms with Crippen LogP contribution in [0.3, 0.4) is 0 Å². The maximum atomic E-state index is 12.5. The summed E-state index contributed by atoms with van der Waals surface area (Å²) in [5, 5.41) is 18.6. The van der Waals surface area contributed by atoms with E-state index in [0.717, 1.165) is 10.5 Å². The van der Waals surface area contributed by atoms with E-state index in [9.17, 15) is 14.9 Å². The van der Waals surface area contributed by atoms with Crippen LogP contribution >= 0.6 is 23.4 Å². The van der Waals surface area contributed by atoms with Crippen molar-refractivity contribution in [1.29, 1.82) is 0 Å². The molecular weight excluding hydrogens is 412 g/mol. The van der Waals surface area contributed by atoms with Gasteiger partial charge in [-0.1, -0.05) is 48.0 Å². The van der Waals surface area contributed by atoms with Gasteiger partial charge in [-0.15, -0.1) is 0 Å². The minimum Gasteiger partial charge on any atom is -0.326 e. The molecule has 0 spiro atoms. The Morgan fingerprint density at radius 2 is 2.00 bits per heavy atom. The lowest BCUT2D eigenvalue weighted by atomic mass is 10.1. The fourth-order valence-electron chi connectivity index (χ4n) is 2.63. The van der Waals surface area contributed by atoms with Gasteiger partial charge in [0, 0.05) is 33.8 Å². The molecule has 0 saturated carbocycles. The second-order valence-corrected chi connectivity index (χ2v) is 8.24. The van der Waals surface area contributed by atoms with Gasteiger partial charge in [0.15, 0.2) is 0 Å². The summed E-state index contributed by atoms with van der Waals surface area (Å²) < 4.78 is 1.58. The number of anilines is 1. The molecule has 0 aliphatic rings. The Hall–Kier alpha value is -2.84. The molecule has 1 atom stereocenters. The van der Waals surface area contributed by atoms with E-state index in [0.29, 0.717) is 22.2 Å². The number of aryl methyl sites for hydroxylation is 1. The van der Waals surface area contributed by atoms with E-state index in [1.807, 2.05) is 31.2 Å². The molecule has 7 nitrogen and oxygen atoms in total. The van der Waals surface area contributed by atoms with Crippen molar-refractivity contribution >= 4 is 40.6 Å². The quantitative estimate of drug-likeness (QED) is 0.412. The highest BCUT2D eigenvalue weighted by molar-refractivity contribution is 7.99. The molecule has 1 heterocycles. The number of nitrogens with zero attached hydrogens (tertiary/aromatic N) is 3. The zero-order valence-corrected chi connectivity index (χ0v) is 17.4. The minimum atomic E-state index is -0.468. The molecular formula is C20H19ClN4O3S. The Kier molecular flexibility index (Phi) is 6.56. The number of nitrogens with one attached hydrogen (secondary N) is 1. The summed E-state index contributed by atoms with van der Waals surface area (Å²) in [5.41, 5.74) is 1.43. The van der Waals surface area contributed by atoms with Crippen molar-refractivity contribution in [1.82, 2.24) is 9.78 Å². The van der Waals surface area contributed by atoms with Crippen LogP contribution in [0, 0.1) is 23.0 Å². The summed E-state index contributed by atoms with van der Waals surface area (Å²) in [7, 11) is 0. The highest BCUT2D eigenvalue weighted by Crippen LogP contribution is 2.33. The Labute approximate surface area is 177 Å². The zero-order chi connectivity index (χ0) is 21.0. The standard InChI is InChI=1S/C20H19ClN4O3S/c1-13-3-5-18(6-4-13)29-19-8-16(7-17(9-19)25(27)28)23-20(26)14(2)11-24-12-15(21)10-22-24/h3-10,12,14H,11H2,1-2H3,(H,23,26). The molecule has 0 radical (unpaired) electrons. The third kappa shape index (κ3) is 5.82. The summed E-state index contributed by atoms with van der Waals surface area (Å²) in [5.74, 6) is -0.665. The van der Waals surface area contributed by atoms with Crippen LogP contribution in [0.1, 0.15) is 12.5 Å². The van der Waals surface area contributed by atoms with Crippen molar-refractivity contribution in [2.24, 2.45) is 5.92 Å². The molecule has 0 fully saturated rings. The van der Waals surface area contributed by atoms with Crippen molar-refractivity contribution in [2.45, 2.75) is 30.2 Å². The number of non-ortho nitro benzene ring substituents is 1. The predicted molar refractivity (Wildman–Crippen MR) is 113 cm³/mol. The predicted octanol–water partition coefficient (Wildman–Crippen LogP) is 5.18. The molecule has 1 aromatic heterocycles. The van der Waals surface area contributed by atoms with Gasteiger partial charge >= 0.3 is 0 Å². The monoisotopic (exact) mass is 430 g/mol. The summed E-state index contributed by atoms with van der Waals surface area (Å²) in [6.07, 6.45) is 3.14. The van der Waals surface area contributed by atoms with Crippen molar-refractivity contribution in [2.75, 3.05) is 5.32 Å². The number of nitro groups is 1. The van der Waals surface area contributed by atoms with Crippen molar-refractivity contribution in [3.63, 3.8) is 0 Å². The molecule has 29 heavy (non-hydrogen) atoms. The van der Waals surface area contributed by atoms with E-state index in [1.165, 1.54) is 30.1 Å². The van der Waals surface area contributed by atoms with Crippen molar-refractivity contribution in [3.05, 3.63) is 75.6 Å². The van der Waals surface area contributed by atoms with Gasteiger partial charge in [0.05, 0.1) is 28.6 Å². The molecule has 1 N–H and O–H groups in total. The molecule has 1 unspecified atom stereocenters. The van der Waals surface area contributed by atoms with Crippen LogP contribution in [0.25, 0.3) is 0 Å². The maximum absolute atomic E-state index is 12.5. The highest BCUT2D eigenvalue weighted by Gasteiger charge is 2.17. The number of aromatic nitrogens is 2. The normalized spacial score (nSPS) is 11.8. The summed E-state index contributed by atoms with van der Waals surface area (Å²) in [6.45, 7) is 4.09. The number of hydrogen-bond acceptors (Lipinski definition) is 5. The van der Waals surface area contributed by atoms with Gasteiger partial charge in [-0.2, -0.15) is 5.10 Å². The van der Waals surface area contributed by atoms with Gasteiger partial charge in [0.25, 0.3) is 5.69 Å². The van der Waals surface area contributed by atoms with Crippen LogP contribution in [0.2, 0.25) is 5.02 Å². The van der Waals surface area contributed by atoms with Crippen LogP contribution in [-0.4, -0.2) is 20.6 Å². The number of carbonyl (C=O) groups is 1. The number of rotatable bonds is 7. The Bertz CT molecular complexity index is 1040. The van der Waals surface area contributed by atoms with Gasteiger partial charge < -0.3 is 5.32 Å². The first-order chi connectivity index (χ1) is 13.8. The number of carbonyl (C=O) groups excluding carboxylic acids is 1. The highest BCUT2D eigenvalue weighted by atomic mass is 35.5. The molecule has 150 valence electrons. The van der Waals surface area contributed by atoms with E-state index in [1.54, 1.807) is 23.9 Å². The Balaban J connectivity index is 1.76. The Morgan fingerprint density at radius 1 is 1.28 bits per heavy atom. The third-order valence-corrected chi connectivity index (χ3v) is 5.31. The number of halogens is 1. The molecule has 0 aliphatic carbocycles. The Morgan fingerprint density at radius 3 is 2.62 bits per heavy atom. The summed E-state index contributed by atoms with van der Waals surface area (Å²) in [6, 6.07) is 12.4. The average Bonchev–Trinajstić information content (AvgIpc) is 3.08. The van der Waals surface area contributed by atoms with Crippen LogP contribution in [0.15, 0.2) is 64.6 Å². The average molecular weight is 431 g/mol. The number of hydrogen-bond donors (Lipinski definition) is 1. The largest absolute Gasteiger partial charge is 0.326 e. The van der Waals surface area contributed by atoms with Crippen LogP contribution in [0.4, 0.5) is 11.4 Å². The number of amides is 1. The van der Waals surface area contributed by atoms with Gasteiger partial charge in [-0.05, 0) is 25.1 Å². The molecule has 1 amide bonds. The van der Waals surface area contributed by atoms with E-state index in [4.69, 9.17) is 11.6 Å². The summed E-state index contributed by atoms with van der Waals surface area (Å²) >= 11 is 7.24.